The van der Waals surface area contributed by atoms with Gasteiger partial charge in [0, 0.05) is 31.4 Å². The van der Waals surface area contributed by atoms with Gasteiger partial charge in [0.25, 0.3) is 0 Å². The van der Waals surface area contributed by atoms with E-state index in [2.05, 4.69) is 20.5 Å². The molecule has 8 nitrogen and oxygen atoms in total. The fourth-order valence-corrected chi connectivity index (χ4v) is 2.87. The van der Waals surface area contributed by atoms with Crippen molar-refractivity contribution in [1.82, 2.24) is 15.2 Å². The van der Waals surface area contributed by atoms with Crippen LogP contribution in [0, 0.1) is 6.92 Å². The van der Waals surface area contributed by atoms with E-state index in [9.17, 15) is 0 Å². The molecule has 1 aliphatic heterocycles. The third-order valence-electron chi connectivity index (χ3n) is 4.32. The molecular weight excluding hydrogens is 348 g/mol. The van der Waals surface area contributed by atoms with Crippen LogP contribution in [0.15, 0.2) is 18.2 Å². The van der Waals surface area contributed by atoms with Gasteiger partial charge < -0.3 is 24.3 Å². The van der Waals surface area contributed by atoms with Crippen molar-refractivity contribution in [2.75, 3.05) is 39.0 Å². The number of anilines is 1. The fourth-order valence-electron chi connectivity index (χ4n) is 2.87. The van der Waals surface area contributed by atoms with Gasteiger partial charge in [-0.2, -0.15) is 0 Å². The van der Waals surface area contributed by atoms with Gasteiger partial charge >= 0.3 is 0 Å². The lowest BCUT2D eigenvalue weighted by molar-refractivity contribution is 0.0226. The standard InChI is InChI=1S/C19H26N4O4/c1-4-25-12-27-17-10-14(24-3)7-8-16(17)18-13(2)21-19(23-22-18)20-11-15-6-5-9-26-15/h7-8,10,15H,4-6,9,11-12H2,1-3H3,(H,20,21,23)/t15-/m0/s1. The summed E-state index contributed by atoms with van der Waals surface area (Å²) in [5.74, 6) is 1.80. The Hall–Kier alpha value is -2.45. The minimum atomic E-state index is 0.150. The van der Waals surface area contributed by atoms with Gasteiger partial charge in [-0.25, -0.2) is 4.98 Å². The first-order chi connectivity index (χ1) is 13.2. The molecule has 1 N–H and O–H groups in total. The Morgan fingerprint density at radius 2 is 2.19 bits per heavy atom. The molecule has 0 bridgehead atoms. The van der Waals surface area contributed by atoms with Crippen LogP contribution in [0.1, 0.15) is 25.5 Å². The molecule has 1 aromatic heterocycles. The number of hydrogen-bond donors (Lipinski definition) is 1. The van der Waals surface area contributed by atoms with Crippen molar-refractivity contribution in [1.29, 1.82) is 0 Å². The van der Waals surface area contributed by atoms with E-state index in [0.29, 0.717) is 36.3 Å². The largest absolute Gasteiger partial charge is 0.497 e. The van der Waals surface area contributed by atoms with E-state index in [4.69, 9.17) is 18.9 Å². The van der Waals surface area contributed by atoms with Gasteiger partial charge in [0.15, 0.2) is 6.79 Å². The molecule has 1 aliphatic rings. The molecule has 1 fully saturated rings. The Balaban J connectivity index is 1.77. The predicted molar refractivity (Wildman–Crippen MR) is 101 cm³/mol. The SMILES string of the molecule is CCOCOc1cc(OC)ccc1-c1nnc(NC[C@@H]2CCCO2)nc1C. The number of nitrogens with zero attached hydrogens (tertiary/aromatic N) is 3. The van der Waals surface area contributed by atoms with Gasteiger partial charge in [0.1, 0.15) is 17.2 Å². The molecule has 0 aliphatic carbocycles. The predicted octanol–water partition coefficient (Wildman–Crippen LogP) is 2.82. The molecule has 8 heteroatoms. The molecule has 1 atom stereocenters. The zero-order chi connectivity index (χ0) is 19.1. The quantitative estimate of drug-likeness (QED) is 0.530. The third kappa shape index (κ3) is 5.05. The minimum Gasteiger partial charge on any atom is -0.497 e. The summed E-state index contributed by atoms with van der Waals surface area (Å²) in [6.45, 7) is 6.05. The van der Waals surface area contributed by atoms with Crippen molar-refractivity contribution in [3.63, 3.8) is 0 Å². The molecule has 3 rings (SSSR count). The summed E-state index contributed by atoms with van der Waals surface area (Å²) >= 11 is 0. The maximum atomic E-state index is 5.74. The average molecular weight is 374 g/mol. The van der Waals surface area contributed by atoms with Gasteiger partial charge in [0.2, 0.25) is 5.95 Å². The fraction of sp³-hybridized carbons (Fsp3) is 0.526. The third-order valence-corrected chi connectivity index (χ3v) is 4.32. The Morgan fingerprint density at radius 3 is 2.89 bits per heavy atom. The highest BCUT2D eigenvalue weighted by Gasteiger charge is 2.17. The zero-order valence-corrected chi connectivity index (χ0v) is 16.0. The van der Waals surface area contributed by atoms with Crippen molar-refractivity contribution in [3.8, 4) is 22.8 Å². The number of ether oxygens (including phenoxy) is 4. The van der Waals surface area contributed by atoms with E-state index < -0.39 is 0 Å². The summed E-state index contributed by atoms with van der Waals surface area (Å²) in [7, 11) is 1.61. The average Bonchev–Trinajstić information content (AvgIpc) is 3.20. The van der Waals surface area contributed by atoms with E-state index >= 15 is 0 Å². The highest BCUT2D eigenvalue weighted by molar-refractivity contribution is 5.70. The molecular formula is C19H26N4O4. The lowest BCUT2D eigenvalue weighted by Crippen LogP contribution is -2.20. The first kappa shape index (κ1) is 19.3. The van der Waals surface area contributed by atoms with E-state index in [1.165, 1.54) is 0 Å². The van der Waals surface area contributed by atoms with Gasteiger partial charge in [-0.15, -0.1) is 10.2 Å². The molecule has 2 aromatic rings. The first-order valence-electron chi connectivity index (χ1n) is 9.17. The molecule has 0 radical (unpaired) electrons. The summed E-state index contributed by atoms with van der Waals surface area (Å²) in [4.78, 5) is 4.53. The van der Waals surface area contributed by atoms with E-state index in [-0.39, 0.29) is 12.9 Å². The molecule has 146 valence electrons. The maximum Gasteiger partial charge on any atom is 0.243 e. The van der Waals surface area contributed by atoms with Crippen molar-refractivity contribution < 1.29 is 18.9 Å². The van der Waals surface area contributed by atoms with Gasteiger partial charge in [0.05, 0.1) is 18.9 Å². The van der Waals surface area contributed by atoms with Crippen molar-refractivity contribution in [2.45, 2.75) is 32.8 Å². The second kappa shape index (κ2) is 9.48. The Labute approximate surface area is 159 Å². The number of rotatable bonds is 9. The number of nitrogens with one attached hydrogen (secondary N) is 1. The normalized spacial score (nSPS) is 16.3. The Morgan fingerprint density at radius 1 is 1.30 bits per heavy atom. The van der Waals surface area contributed by atoms with E-state index in [1.807, 2.05) is 26.0 Å². The lowest BCUT2D eigenvalue weighted by atomic mass is 10.1. The molecule has 0 amide bonds. The van der Waals surface area contributed by atoms with Crippen LogP contribution < -0.4 is 14.8 Å². The molecule has 0 saturated carbocycles. The molecule has 1 saturated heterocycles. The van der Waals surface area contributed by atoms with Gasteiger partial charge in [-0.05, 0) is 38.8 Å². The molecule has 0 unspecified atom stereocenters. The summed E-state index contributed by atoms with van der Waals surface area (Å²) in [6.07, 6.45) is 2.38. The summed E-state index contributed by atoms with van der Waals surface area (Å²) in [5, 5.41) is 11.8. The minimum absolute atomic E-state index is 0.150. The van der Waals surface area contributed by atoms with Crippen LogP contribution in [0.5, 0.6) is 11.5 Å². The van der Waals surface area contributed by atoms with Crippen LogP contribution in [0.3, 0.4) is 0 Å². The first-order valence-corrected chi connectivity index (χ1v) is 9.17. The number of aromatic nitrogens is 3. The summed E-state index contributed by atoms with van der Waals surface area (Å²) < 4.78 is 21.9. The lowest BCUT2D eigenvalue weighted by Gasteiger charge is -2.14. The van der Waals surface area contributed by atoms with Crippen LogP contribution >= 0.6 is 0 Å². The van der Waals surface area contributed by atoms with Crippen molar-refractivity contribution >= 4 is 5.95 Å². The van der Waals surface area contributed by atoms with Crippen LogP contribution in [0.25, 0.3) is 11.3 Å². The smallest absolute Gasteiger partial charge is 0.243 e. The van der Waals surface area contributed by atoms with Crippen LogP contribution in [-0.4, -0.2) is 54.9 Å². The topological polar surface area (TPSA) is 87.6 Å². The van der Waals surface area contributed by atoms with Gasteiger partial charge in [-0.3, -0.25) is 0 Å². The number of aryl methyl sites for hydroxylation is 1. The zero-order valence-electron chi connectivity index (χ0n) is 16.0. The summed E-state index contributed by atoms with van der Waals surface area (Å²) in [5.41, 5.74) is 2.21. The number of benzene rings is 1. The maximum absolute atomic E-state index is 5.74. The van der Waals surface area contributed by atoms with E-state index in [1.54, 1.807) is 13.2 Å². The van der Waals surface area contributed by atoms with E-state index in [0.717, 1.165) is 30.7 Å². The van der Waals surface area contributed by atoms with Gasteiger partial charge in [-0.1, -0.05) is 0 Å². The highest BCUT2D eigenvalue weighted by Crippen LogP contribution is 2.33. The Bertz CT molecular complexity index is 750. The van der Waals surface area contributed by atoms with Crippen molar-refractivity contribution in [3.05, 3.63) is 23.9 Å². The second-order valence-electron chi connectivity index (χ2n) is 6.20. The molecule has 1 aromatic carbocycles. The molecule has 2 heterocycles. The van der Waals surface area contributed by atoms with Crippen LogP contribution in [0.4, 0.5) is 5.95 Å². The van der Waals surface area contributed by atoms with Crippen molar-refractivity contribution in [2.24, 2.45) is 0 Å². The summed E-state index contributed by atoms with van der Waals surface area (Å²) in [6, 6.07) is 5.55. The van der Waals surface area contributed by atoms with Crippen LogP contribution in [-0.2, 0) is 9.47 Å². The molecule has 0 spiro atoms. The number of methoxy groups -OCH3 is 1. The second-order valence-corrected chi connectivity index (χ2v) is 6.20. The highest BCUT2D eigenvalue weighted by atomic mass is 16.7. The monoisotopic (exact) mass is 374 g/mol. The van der Waals surface area contributed by atoms with Crippen LogP contribution in [0.2, 0.25) is 0 Å². The molecule has 27 heavy (non-hydrogen) atoms. The number of hydrogen-bond acceptors (Lipinski definition) is 8. The Kier molecular flexibility index (Phi) is 6.78.